The molecular weight excluding hydrogens is 448 g/mol. The summed E-state index contributed by atoms with van der Waals surface area (Å²) in [5.41, 5.74) is 0.777. The molecule has 0 radical (unpaired) electrons. The lowest BCUT2D eigenvalue weighted by molar-refractivity contribution is -0.384. The molecule has 1 aliphatic rings. The van der Waals surface area contributed by atoms with Crippen LogP contribution >= 0.6 is 11.6 Å². The monoisotopic (exact) mass is 464 g/mol. The number of halogens is 1. The Labute approximate surface area is 193 Å². The van der Waals surface area contributed by atoms with E-state index in [0.717, 1.165) is 11.0 Å². The molecule has 1 saturated heterocycles. The molecule has 166 valence electrons. The molecule has 1 atom stereocenters. The van der Waals surface area contributed by atoms with Crippen LogP contribution in [0.25, 0.3) is 0 Å². The largest absolute Gasteiger partial charge is 0.322 e. The van der Waals surface area contributed by atoms with Crippen LogP contribution in [0.4, 0.5) is 11.4 Å². The molecule has 10 heteroatoms. The maximum atomic E-state index is 13.4. The predicted octanol–water partition coefficient (Wildman–Crippen LogP) is 3.62. The van der Waals surface area contributed by atoms with E-state index in [9.17, 15) is 24.5 Å². The molecule has 0 N–H and O–H groups in total. The normalized spacial score (nSPS) is 15.5. The van der Waals surface area contributed by atoms with E-state index in [4.69, 9.17) is 11.6 Å². The number of hydrogen-bond acceptors (Lipinski definition) is 6. The minimum atomic E-state index is -1.08. The SMILES string of the molecule is O=C1CC(N(Cc2cccnc2)C(=O)c2cccc([N+](=O)[O-])c2)C(=O)N1c1ccc(Cl)cc1. The number of hydrogen-bond donors (Lipinski definition) is 0. The third-order valence-electron chi connectivity index (χ3n) is 5.22. The molecule has 0 aliphatic carbocycles. The molecule has 1 aliphatic heterocycles. The Morgan fingerprint density at radius 3 is 2.58 bits per heavy atom. The summed E-state index contributed by atoms with van der Waals surface area (Å²) in [5.74, 6) is -1.63. The number of carbonyl (C=O) groups is 3. The third kappa shape index (κ3) is 4.58. The van der Waals surface area contributed by atoms with Crippen molar-refractivity contribution >= 4 is 40.7 Å². The van der Waals surface area contributed by atoms with Crippen molar-refractivity contribution in [2.75, 3.05) is 4.90 Å². The summed E-state index contributed by atoms with van der Waals surface area (Å²) >= 11 is 5.91. The number of rotatable bonds is 6. The van der Waals surface area contributed by atoms with Crippen molar-refractivity contribution in [1.29, 1.82) is 0 Å². The summed E-state index contributed by atoms with van der Waals surface area (Å²) in [4.78, 5) is 56.4. The van der Waals surface area contributed by atoms with Gasteiger partial charge in [0.15, 0.2) is 0 Å². The Hall–Kier alpha value is -4.11. The van der Waals surface area contributed by atoms with E-state index in [1.165, 1.54) is 23.1 Å². The Kier molecular flexibility index (Phi) is 6.14. The van der Waals surface area contributed by atoms with E-state index in [1.807, 2.05) is 0 Å². The van der Waals surface area contributed by atoms with Gasteiger partial charge >= 0.3 is 0 Å². The van der Waals surface area contributed by atoms with Crippen LogP contribution in [0.5, 0.6) is 0 Å². The Bertz CT molecular complexity index is 1230. The number of amides is 3. The van der Waals surface area contributed by atoms with Crippen LogP contribution in [0.2, 0.25) is 5.02 Å². The van der Waals surface area contributed by atoms with Crippen LogP contribution < -0.4 is 4.90 Å². The molecule has 4 rings (SSSR count). The minimum Gasteiger partial charge on any atom is -0.322 e. The number of benzene rings is 2. The molecule has 0 spiro atoms. The summed E-state index contributed by atoms with van der Waals surface area (Å²) in [7, 11) is 0. The molecule has 1 aromatic heterocycles. The van der Waals surface area contributed by atoms with Crippen LogP contribution in [-0.4, -0.2) is 38.6 Å². The van der Waals surface area contributed by atoms with Gasteiger partial charge in [0.1, 0.15) is 6.04 Å². The summed E-state index contributed by atoms with van der Waals surface area (Å²) in [6, 6.07) is 13.8. The van der Waals surface area contributed by atoms with E-state index in [1.54, 1.807) is 48.8 Å². The van der Waals surface area contributed by atoms with E-state index in [-0.39, 0.29) is 24.2 Å². The van der Waals surface area contributed by atoms with Gasteiger partial charge in [0.25, 0.3) is 17.5 Å². The van der Waals surface area contributed by atoms with Crippen molar-refractivity contribution in [3.05, 3.63) is 99.3 Å². The number of nitro benzene ring substituents is 1. The number of nitrogens with zero attached hydrogens (tertiary/aromatic N) is 4. The summed E-state index contributed by atoms with van der Waals surface area (Å²) in [5, 5.41) is 11.6. The number of imide groups is 1. The van der Waals surface area contributed by atoms with Gasteiger partial charge in [-0.05, 0) is 42.0 Å². The maximum absolute atomic E-state index is 13.4. The fraction of sp³-hybridized carbons (Fsp3) is 0.130. The molecule has 9 nitrogen and oxygen atoms in total. The minimum absolute atomic E-state index is 0.00644. The smallest absolute Gasteiger partial charge is 0.270 e. The summed E-state index contributed by atoms with van der Waals surface area (Å²) in [6.45, 7) is -0.00644. The highest BCUT2D eigenvalue weighted by atomic mass is 35.5. The zero-order valence-electron chi connectivity index (χ0n) is 17.1. The van der Waals surface area contributed by atoms with E-state index < -0.39 is 28.7 Å². The van der Waals surface area contributed by atoms with Gasteiger partial charge in [-0.15, -0.1) is 0 Å². The van der Waals surface area contributed by atoms with Gasteiger partial charge in [-0.1, -0.05) is 23.7 Å². The molecule has 2 aromatic carbocycles. The zero-order chi connectivity index (χ0) is 23.5. The lowest BCUT2D eigenvalue weighted by Crippen LogP contribution is -2.45. The van der Waals surface area contributed by atoms with E-state index in [0.29, 0.717) is 16.3 Å². The van der Waals surface area contributed by atoms with Crippen LogP contribution in [0, 0.1) is 10.1 Å². The highest BCUT2D eigenvalue weighted by Crippen LogP contribution is 2.29. The molecule has 0 saturated carbocycles. The number of non-ortho nitro benzene ring substituents is 1. The fourth-order valence-electron chi connectivity index (χ4n) is 3.65. The first-order chi connectivity index (χ1) is 15.8. The van der Waals surface area contributed by atoms with Crippen LogP contribution in [0.1, 0.15) is 22.3 Å². The van der Waals surface area contributed by atoms with Crippen molar-refractivity contribution in [3.8, 4) is 0 Å². The van der Waals surface area contributed by atoms with Gasteiger partial charge in [-0.2, -0.15) is 0 Å². The summed E-state index contributed by atoms with van der Waals surface area (Å²) < 4.78 is 0. The number of aromatic nitrogens is 1. The van der Waals surface area contributed by atoms with Crippen molar-refractivity contribution in [1.82, 2.24) is 9.88 Å². The van der Waals surface area contributed by atoms with Crippen LogP contribution in [-0.2, 0) is 16.1 Å². The molecule has 2 heterocycles. The topological polar surface area (TPSA) is 114 Å². The summed E-state index contributed by atoms with van der Waals surface area (Å²) in [6.07, 6.45) is 2.90. The molecule has 1 fully saturated rings. The van der Waals surface area contributed by atoms with Gasteiger partial charge in [0, 0.05) is 41.7 Å². The van der Waals surface area contributed by atoms with Gasteiger partial charge in [0.2, 0.25) is 5.91 Å². The highest BCUT2D eigenvalue weighted by Gasteiger charge is 2.44. The Morgan fingerprint density at radius 2 is 1.91 bits per heavy atom. The first-order valence-electron chi connectivity index (χ1n) is 9.92. The first kappa shape index (κ1) is 22.1. The second kappa shape index (κ2) is 9.17. The Balaban J connectivity index is 1.70. The van der Waals surface area contributed by atoms with E-state index in [2.05, 4.69) is 4.98 Å². The predicted molar refractivity (Wildman–Crippen MR) is 120 cm³/mol. The second-order valence-corrected chi connectivity index (χ2v) is 7.80. The Morgan fingerprint density at radius 1 is 1.15 bits per heavy atom. The number of pyridine rings is 1. The molecule has 1 unspecified atom stereocenters. The van der Waals surface area contributed by atoms with Gasteiger partial charge in [-0.3, -0.25) is 29.5 Å². The third-order valence-corrected chi connectivity index (χ3v) is 5.48. The lowest BCUT2D eigenvalue weighted by atomic mass is 10.1. The number of anilines is 1. The zero-order valence-corrected chi connectivity index (χ0v) is 17.9. The van der Waals surface area contributed by atoms with Gasteiger partial charge in [-0.25, -0.2) is 4.90 Å². The fourth-order valence-corrected chi connectivity index (χ4v) is 3.78. The highest BCUT2D eigenvalue weighted by molar-refractivity contribution is 6.31. The molecule has 3 amide bonds. The van der Waals surface area contributed by atoms with Crippen molar-refractivity contribution in [3.63, 3.8) is 0 Å². The van der Waals surface area contributed by atoms with Gasteiger partial charge < -0.3 is 4.90 Å². The van der Waals surface area contributed by atoms with Gasteiger partial charge in [0.05, 0.1) is 17.0 Å². The lowest BCUT2D eigenvalue weighted by Gasteiger charge is -2.27. The molecular formula is C23H17ClN4O5. The first-order valence-corrected chi connectivity index (χ1v) is 10.3. The van der Waals surface area contributed by atoms with Crippen molar-refractivity contribution in [2.24, 2.45) is 0 Å². The maximum Gasteiger partial charge on any atom is 0.270 e. The standard InChI is InChI=1S/C23H17ClN4O5/c24-17-6-8-18(9-7-17)27-21(29)12-20(23(27)31)26(14-15-3-2-10-25-13-15)22(30)16-4-1-5-19(11-16)28(32)33/h1-11,13,20H,12,14H2. The quantitative estimate of drug-likeness (QED) is 0.313. The molecule has 33 heavy (non-hydrogen) atoms. The molecule has 3 aromatic rings. The average Bonchev–Trinajstić information content (AvgIpc) is 3.12. The second-order valence-electron chi connectivity index (χ2n) is 7.37. The van der Waals surface area contributed by atoms with Crippen molar-refractivity contribution in [2.45, 2.75) is 19.0 Å². The van der Waals surface area contributed by atoms with Crippen LogP contribution in [0.15, 0.2) is 73.1 Å². The van der Waals surface area contributed by atoms with Crippen LogP contribution in [0.3, 0.4) is 0 Å². The van der Waals surface area contributed by atoms with Crippen molar-refractivity contribution < 1.29 is 19.3 Å². The average molecular weight is 465 g/mol. The molecule has 0 bridgehead atoms. The number of nitro groups is 1. The number of carbonyl (C=O) groups excluding carboxylic acids is 3. The van der Waals surface area contributed by atoms with E-state index >= 15 is 0 Å².